The van der Waals surface area contributed by atoms with Crippen LogP contribution >= 0.6 is 0 Å². The lowest BCUT2D eigenvalue weighted by molar-refractivity contribution is -0.130. The van der Waals surface area contributed by atoms with Gasteiger partial charge in [0.2, 0.25) is 5.91 Å². The van der Waals surface area contributed by atoms with Crippen LogP contribution in [0.4, 0.5) is 5.82 Å². The topological polar surface area (TPSA) is 92.3 Å². The van der Waals surface area contributed by atoms with Gasteiger partial charge in [0, 0.05) is 23.9 Å². The summed E-state index contributed by atoms with van der Waals surface area (Å²) in [6.07, 6.45) is 2.52. The summed E-state index contributed by atoms with van der Waals surface area (Å²) in [4.78, 5) is 24.0. The first-order valence-corrected chi connectivity index (χ1v) is 10.9. The molecule has 1 aliphatic heterocycles. The molecular weight excluding hydrogens is 388 g/mol. The Labute approximate surface area is 183 Å². The number of carbonyl (C=O) groups excluding carboxylic acids is 1. The molecule has 0 spiro atoms. The molecule has 6 nitrogen and oxygen atoms in total. The van der Waals surface area contributed by atoms with E-state index in [0.29, 0.717) is 11.4 Å². The minimum absolute atomic E-state index is 0.166. The molecule has 1 atom stereocenters. The number of para-hydroxylation sites is 1. The number of fused-ring (bicyclic) bond motifs is 1. The van der Waals surface area contributed by atoms with Crippen LogP contribution in [0.2, 0.25) is 0 Å². The summed E-state index contributed by atoms with van der Waals surface area (Å²) in [5.74, 6) is 1.61. The molecule has 6 heteroatoms. The normalized spacial score (nSPS) is 16.9. The summed E-state index contributed by atoms with van der Waals surface area (Å²) in [7, 11) is 0. The molecule has 0 radical (unpaired) electrons. The molecule has 3 aromatic rings. The molecule has 0 bridgehead atoms. The van der Waals surface area contributed by atoms with Gasteiger partial charge in [0.25, 0.3) is 0 Å². The molecule has 2 aromatic carbocycles. The van der Waals surface area contributed by atoms with Crippen LogP contribution in [0, 0.1) is 18.3 Å². The summed E-state index contributed by atoms with van der Waals surface area (Å²) in [5, 5.41) is 11.4. The second kappa shape index (κ2) is 8.17. The Bertz CT molecular complexity index is 1120. The van der Waals surface area contributed by atoms with Crippen molar-refractivity contribution in [1.82, 2.24) is 9.97 Å². The summed E-state index contributed by atoms with van der Waals surface area (Å²) < 4.78 is 0. The van der Waals surface area contributed by atoms with E-state index in [9.17, 15) is 9.90 Å². The van der Waals surface area contributed by atoms with Gasteiger partial charge < -0.3 is 15.7 Å². The molecule has 162 valence electrons. The maximum Gasteiger partial charge on any atom is 0.223 e. The standard InChI is InChI=1S/C25H30N4O2/c1-4-25(3,24(26)31)17-11-13-29(14-12-17)23-18-10-9-16(2)15-20(18)27-22(28-23)19-7-5-6-8-21(19)30/h5-10,15,17,30H,4,11-14H2,1-3H3,(H2,26,31). The van der Waals surface area contributed by atoms with Gasteiger partial charge in [-0.25, -0.2) is 9.97 Å². The number of aromatic hydroxyl groups is 1. The number of aryl methyl sites for hydroxylation is 1. The second-order valence-corrected chi connectivity index (χ2v) is 8.81. The fraction of sp³-hybridized carbons (Fsp3) is 0.400. The summed E-state index contributed by atoms with van der Waals surface area (Å²) in [6.45, 7) is 7.67. The van der Waals surface area contributed by atoms with Crippen LogP contribution in [0.3, 0.4) is 0 Å². The molecule has 2 heterocycles. The molecule has 1 unspecified atom stereocenters. The van der Waals surface area contributed by atoms with Crippen molar-refractivity contribution in [2.75, 3.05) is 18.0 Å². The number of hydrogen-bond donors (Lipinski definition) is 2. The van der Waals surface area contributed by atoms with Crippen LogP contribution in [0.25, 0.3) is 22.3 Å². The lowest BCUT2D eigenvalue weighted by Crippen LogP contribution is -2.46. The highest BCUT2D eigenvalue weighted by Crippen LogP contribution is 2.40. The van der Waals surface area contributed by atoms with Gasteiger partial charge in [0.05, 0.1) is 11.1 Å². The molecule has 0 saturated carbocycles. The van der Waals surface area contributed by atoms with E-state index in [1.807, 2.05) is 32.9 Å². The van der Waals surface area contributed by atoms with Crippen molar-refractivity contribution in [2.45, 2.75) is 40.0 Å². The van der Waals surface area contributed by atoms with E-state index in [1.54, 1.807) is 12.1 Å². The van der Waals surface area contributed by atoms with Gasteiger partial charge in [0.15, 0.2) is 5.82 Å². The number of piperidine rings is 1. The van der Waals surface area contributed by atoms with Crippen molar-refractivity contribution < 1.29 is 9.90 Å². The highest BCUT2D eigenvalue weighted by molar-refractivity contribution is 5.92. The molecule has 31 heavy (non-hydrogen) atoms. The largest absolute Gasteiger partial charge is 0.507 e. The van der Waals surface area contributed by atoms with Crippen molar-refractivity contribution >= 4 is 22.6 Å². The highest BCUT2D eigenvalue weighted by Gasteiger charge is 2.40. The SMILES string of the molecule is CCC(C)(C(N)=O)C1CCN(c2nc(-c3ccccc3O)nc3cc(C)ccc23)CC1. The monoisotopic (exact) mass is 418 g/mol. The summed E-state index contributed by atoms with van der Waals surface area (Å²) >= 11 is 0. The fourth-order valence-electron chi connectivity index (χ4n) is 4.64. The Balaban J connectivity index is 1.72. The Morgan fingerprint density at radius 3 is 2.55 bits per heavy atom. The lowest BCUT2D eigenvalue weighted by atomic mass is 9.70. The van der Waals surface area contributed by atoms with E-state index in [-0.39, 0.29) is 17.6 Å². The number of nitrogens with zero attached hydrogens (tertiary/aromatic N) is 3. The summed E-state index contributed by atoms with van der Waals surface area (Å²) in [5.41, 5.74) is 7.88. The van der Waals surface area contributed by atoms with E-state index in [2.05, 4.69) is 23.1 Å². The second-order valence-electron chi connectivity index (χ2n) is 8.81. The Morgan fingerprint density at radius 2 is 1.90 bits per heavy atom. The lowest BCUT2D eigenvalue weighted by Gasteiger charge is -2.41. The predicted octanol–water partition coefficient (Wildman–Crippen LogP) is 4.43. The van der Waals surface area contributed by atoms with Gasteiger partial charge in [0.1, 0.15) is 11.6 Å². The van der Waals surface area contributed by atoms with Crippen LogP contribution in [0.5, 0.6) is 5.75 Å². The number of phenols is 1. The number of carbonyl (C=O) groups is 1. The first-order chi connectivity index (χ1) is 14.8. The molecule has 1 fully saturated rings. The average molecular weight is 419 g/mol. The molecule has 1 amide bonds. The molecule has 3 N–H and O–H groups in total. The van der Waals surface area contributed by atoms with Crippen molar-refractivity contribution in [2.24, 2.45) is 17.1 Å². The van der Waals surface area contributed by atoms with Gasteiger partial charge in [-0.05, 0) is 61.9 Å². The smallest absolute Gasteiger partial charge is 0.223 e. The minimum atomic E-state index is -0.474. The zero-order chi connectivity index (χ0) is 22.2. The van der Waals surface area contributed by atoms with E-state index >= 15 is 0 Å². The van der Waals surface area contributed by atoms with Crippen LogP contribution in [0.15, 0.2) is 42.5 Å². The Hall–Kier alpha value is -3.15. The molecule has 1 aliphatic rings. The third-order valence-corrected chi connectivity index (χ3v) is 6.97. The van der Waals surface area contributed by atoms with E-state index in [1.165, 1.54) is 0 Å². The van der Waals surface area contributed by atoms with Crippen LogP contribution in [0.1, 0.15) is 38.7 Å². The molecule has 1 aromatic heterocycles. The first-order valence-electron chi connectivity index (χ1n) is 10.9. The molecule has 1 saturated heterocycles. The number of rotatable bonds is 5. The number of benzene rings is 2. The van der Waals surface area contributed by atoms with Gasteiger partial charge in [-0.2, -0.15) is 0 Å². The number of amides is 1. The number of primary amides is 1. The third-order valence-electron chi connectivity index (χ3n) is 6.97. The maximum absolute atomic E-state index is 12.1. The maximum atomic E-state index is 12.1. The number of phenolic OH excluding ortho intramolecular Hbond substituents is 1. The van der Waals surface area contributed by atoms with Gasteiger partial charge in [-0.1, -0.05) is 32.0 Å². The number of nitrogens with two attached hydrogens (primary N) is 1. The number of aromatic nitrogens is 2. The van der Waals surface area contributed by atoms with Crippen molar-refractivity contribution in [1.29, 1.82) is 0 Å². The van der Waals surface area contributed by atoms with E-state index in [4.69, 9.17) is 15.7 Å². The van der Waals surface area contributed by atoms with Crippen LogP contribution in [-0.4, -0.2) is 34.1 Å². The first kappa shape index (κ1) is 21.1. The summed E-state index contributed by atoms with van der Waals surface area (Å²) in [6, 6.07) is 13.3. The zero-order valence-electron chi connectivity index (χ0n) is 18.4. The van der Waals surface area contributed by atoms with Gasteiger partial charge >= 0.3 is 0 Å². The minimum Gasteiger partial charge on any atom is -0.507 e. The van der Waals surface area contributed by atoms with Crippen molar-refractivity contribution in [3.63, 3.8) is 0 Å². The fourth-order valence-corrected chi connectivity index (χ4v) is 4.64. The zero-order valence-corrected chi connectivity index (χ0v) is 18.4. The third kappa shape index (κ3) is 3.82. The van der Waals surface area contributed by atoms with E-state index in [0.717, 1.165) is 54.6 Å². The molecule has 0 aliphatic carbocycles. The Morgan fingerprint density at radius 1 is 1.19 bits per heavy atom. The highest BCUT2D eigenvalue weighted by atomic mass is 16.3. The van der Waals surface area contributed by atoms with E-state index < -0.39 is 5.41 Å². The molecular formula is C25H30N4O2. The van der Waals surface area contributed by atoms with Gasteiger partial charge in [-0.3, -0.25) is 4.79 Å². The average Bonchev–Trinajstić information content (AvgIpc) is 2.78. The quantitative estimate of drug-likeness (QED) is 0.639. The van der Waals surface area contributed by atoms with Gasteiger partial charge in [-0.15, -0.1) is 0 Å². The van der Waals surface area contributed by atoms with Crippen molar-refractivity contribution in [3.05, 3.63) is 48.0 Å². The molecule has 4 rings (SSSR count). The van der Waals surface area contributed by atoms with Crippen molar-refractivity contribution in [3.8, 4) is 17.1 Å². The van der Waals surface area contributed by atoms with Crippen LogP contribution in [-0.2, 0) is 4.79 Å². The number of anilines is 1. The predicted molar refractivity (Wildman–Crippen MR) is 124 cm³/mol. The van der Waals surface area contributed by atoms with Crippen LogP contribution < -0.4 is 10.6 Å². The number of hydrogen-bond acceptors (Lipinski definition) is 5. The Kier molecular flexibility index (Phi) is 5.56.